The predicted molar refractivity (Wildman–Crippen MR) is 84.6 cm³/mol. The van der Waals surface area contributed by atoms with Gasteiger partial charge < -0.3 is 10.1 Å². The molecule has 0 saturated carbocycles. The standard InChI is InChI=1S/C15H18N6O4/c1-8-11(9(2)21-14(19-8)17-7-18-21)6-12(22)25-10(3)13(23)20-5-4-16-15(20)24/h7,10H,4-6H2,1-3H3,(H,16,24)/t10-/m1/s1. The Hall–Kier alpha value is -3.04. The smallest absolute Gasteiger partial charge is 0.324 e. The number of esters is 1. The summed E-state index contributed by atoms with van der Waals surface area (Å²) >= 11 is 0. The van der Waals surface area contributed by atoms with Gasteiger partial charge in [0.2, 0.25) is 0 Å². The number of hydrogen-bond acceptors (Lipinski definition) is 7. The molecule has 0 bridgehead atoms. The van der Waals surface area contributed by atoms with Gasteiger partial charge in [-0.05, 0) is 20.8 Å². The van der Waals surface area contributed by atoms with Crippen molar-refractivity contribution < 1.29 is 19.1 Å². The molecule has 3 heterocycles. The summed E-state index contributed by atoms with van der Waals surface area (Å²) in [7, 11) is 0. The molecular weight excluding hydrogens is 328 g/mol. The zero-order valence-corrected chi connectivity index (χ0v) is 14.1. The molecule has 1 atom stereocenters. The number of urea groups is 1. The van der Waals surface area contributed by atoms with Crippen LogP contribution in [0.25, 0.3) is 5.78 Å². The highest BCUT2D eigenvalue weighted by Gasteiger charge is 2.31. The summed E-state index contributed by atoms with van der Waals surface area (Å²) in [4.78, 5) is 45.3. The molecule has 2 aromatic rings. The van der Waals surface area contributed by atoms with E-state index < -0.39 is 24.0 Å². The Kier molecular flexibility index (Phi) is 4.34. The van der Waals surface area contributed by atoms with Crippen molar-refractivity contribution in [3.8, 4) is 0 Å². The summed E-state index contributed by atoms with van der Waals surface area (Å²) in [5.74, 6) is -0.662. The Morgan fingerprint density at radius 3 is 2.84 bits per heavy atom. The fourth-order valence-corrected chi connectivity index (χ4v) is 2.75. The van der Waals surface area contributed by atoms with Crippen LogP contribution in [0.15, 0.2) is 6.33 Å². The van der Waals surface area contributed by atoms with Crippen LogP contribution in [-0.2, 0) is 20.7 Å². The highest BCUT2D eigenvalue weighted by molar-refractivity contribution is 5.98. The molecule has 0 aliphatic carbocycles. The molecule has 132 valence electrons. The Morgan fingerprint density at radius 1 is 1.40 bits per heavy atom. The van der Waals surface area contributed by atoms with Crippen LogP contribution in [-0.4, -0.2) is 61.6 Å². The molecule has 0 spiro atoms. The molecule has 10 nitrogen and oxygen atoms in total. The second-order valence-corrected chi connectivity index (χ2v) is 5.76. The number of imide groups is 1. The highest BCUT2D eigenvalue weighted by atomic mass is 16.5. The first-order chi connectivity index (χ1) is 11.9. The van der Waals surface area contributed by atoms with E-state index in [1.54, 1.807) is 11.4 Å². The van der Waals surface area contributed by atoms with Crippen LogP contribution in [0.1, 0.15) is 23.9 Å². The number of rotatable bonds is 4. The van der Waals surface area contributed by atoms with Crippen LogP contribution in [0.3, 0.4) is 0 Å². The summed E-state index contributed by atoms with van der Waals surface area (Å²) in [5.41, 5.74) is 2.05. The third-order valence-corrected chi connectivity index (χ3v) is 4.09. The van der Waals surface area contributed by atoms with Gasteiger partial charge in [0, 0.05) is 30.0 Å². The molecule has 3 amide bonds. The van der Waals surface area contributed by atoms with Gasteiger partial charge in [0.05, 0.1) is 6.42 Å². The number of hydrogen-bond donors (Lipinski definition) is 1. The van der Waals surface area contributed by atoms with E-state index in [0.717, 1.165) is 10.6 Å². The Labute approximate surface area is 143 Å². The van der Waals surface area contributed by atoms with Crippen molar-refractivity contribution in [1.29, 1.82) is 0 Å². The summed E-state index contributed by atoms with van der Waals surface area (Å²) in [6.45, 7) is 5.69. The molecule has 1 saturated heterocycles. The van der Waals surface area contributed by atoms with Gasteiger partial charge in [-0.25, -0.2) is 14.3 Å². The Morgan fingerprint density at radius 2 is 2.16 bits per heavy atom. The largest absolute Gasteiger partial charge is 0.452 e. The third kappa shape index (κ3) is 3.14. The van der Waals surface area contributed by atoms with Crippen molar-refractivity contribution in [2.24, 2.45) is 0 Å². The summed E-state index contributed by atoms with van der Waals surface area (Å²) in [6, 6.07) is -0.472. The molecule has 1 fully saturated rings. The number of aromatic nitrogens is 4. The maximum atomic E-state index is 12.2. The number of fused-ring (bicyclic) bond motifs is 1. The highest BCUT2D eigenvalue weighted by Crippen LogP contribution is 2.15. The van der Waals surface area contributed by atoms with Crippen LogP contribution >= 0.6 is 0 Å². The second-order valence-electron chi connectivity index (χ2n) is 5.76. The van der Waals surface area contributed by atoms with E-state index in [0.29, 0.717) is 23.6 Å². The van der Waals surface area contributed by atoms with Crippen LogP contribution < -0.4 is 5.32 Å². The van der Waals surface area contributed by atoms with Crippen LogP contribution in [0.5, 0.6) is 0 Å². The van der Waals surface area contributed by atoms with Gasteiger partial charge in [0.25, 0.3) is 11.7 Å². The minimum atomic E-state index is -1.04. The minimum absolute atomic E-state index is 0.0513. The average Bonchev–Trinajstić information content (AvgIpc) is 3.19. The number of amides is 3. The van der Waals surface area contributed by atoms with Gasteiger partial charge in [0.1, 0.15) is 6.33 Å². The van der Waals surface area contributed by atoms with Crippen molar-refractivity contribution in [2.45, 2.75) is 33.3 Å². The number of aryl methyl sites for hydroxylation is 2. The van der Waals surface area contributed by atoms with Gasteiger partial charge in [0.15, 0.2) is 6.10 Å². The SMILES string of the molecule is Cc1nc2ncnn2c(C)c1CC(=O)O[C@H](C)C(=O)N1CCNC1=O. The zero-order valence-electron chi connectivity index (χ0n) is 14.1. The van der Waals surface area contributed by atoms with E-state index in [1.165, 1.54) is 13.3 Å². The molecule has 10 heteroatoms. The first-order valence-corrected chi connectivity index (χ1v) is 7.83. The quantitative estimate of drug-likeness (QED) is 0.759. The Balaban J connectivity index is 1.70. The minimum Gasteiger partial charge on any atom is -0.452 e. The van der Waals surface area contributed by atoms with E-state index in [2.05, 4.69) is 20.4 Å². The van der Waals surface area contributed by atoms with Gasteiger partial charge in [-0.15, -0.1) is 0 Å². The lowest BCUT2D eigenvalue weighted by molar-refractivity contribution is -0.156. The predicted octanol–water partition coefficient (Wildman–Crippen LogP) is -0.233. The van der Waals surface area contributed by atoms with Crippen molar-refractivity contribution in [1.82, 2.24) is 29.8 Å². The zero-order chi connectivity index (χ0) is 18.1. The van der Waals surface area contributed by atoms with Crippen LogP contribution in [0.4, 0.5) is 4.79 Å². The number of carbonyl (C=O) groups is 3. The van der Waals surface area contributed by atoms with Crippen molar-refractivity contribution in [3.05, 3.63) is 23.3 Å². The molecule has 1 aliphatic rings. The number of nitrogens with zero attached hydrogens (tertiary/aromatic N) is 5. The molecule has 0 radical (unpaired) electrons. The normalized spacial score (nSPS) is 15.3. The van der Waals surface area contributed by atoms with E-state index >= 15 is 0 Å². The van der Waals surface area contributed by atoms with E-state index in [9.17, 15) is 14.4 Å². The van der Waals surface area contributed by atoms with E-state index in [1.807, 2.05) is 6.92 Å². The molecule has 0 unspecified atom stereocenters. The lowest BCUT2D eigenvalue weighted by Crippen LogP contribution is -2.42. The second kappa shape index (κ2) is 6.46. The fourth-order valence-electron chi connectivity index (χ4n) is 2.75. The molecule has 2 aromatic heterocycles. The van der Waals surface area contributed by atoms with Crippen LogP contribution in [0.2, 0.25) is 0 Å². The number of nitrogens with one attached hydrogen (secondary N) is 1. The van der Waals surface area contributed by atoms with Crippen molar-refractivity contribution >= 4 is 23.7 Å². The van der Waals surface area contributed by atoms with E-state index in [-0.39, 0.29) is 13.0 Å². The first kappa shape index (κ1) is 16.8. The van der Waals surface area contributed by atoms with Gasteiger partial charge in [-0.1, -0.05) is 0 Å². The van der Waals surface area contributed by atoms with Crippen LogP contribution in [0, 0.1) is 13.8 Å². The first-order valence-electron chi connectivity index (χ1n) is 7.83. The summed E-state index contributed by atoms with van der Waals surface area (Å²) < 4.78 is 6.74. The maximum Gasteiger partial charge on any atom is 0.324 e. The fraction of sp³-hybridized carbons (Fsp3) is 0.467. The molecule has 0 aromatic carbocycles. The molecule has 1 aliphatic heterocycles. The molecule has 3 rings (SSSR count). The Bertz CT molecular complexity index is 861. The lowest BCUT2D eigenvalue weighted by Gasteiger charge is -2.18. The molecule has 25 heavy (non-hydrogen) atoms. The summed E-state index contributed by atoms with van der Waals surface area (Å²) in [5, 5.41) is 6.59. The van der Waals surface area contributed by atoms with Crippen molar-refractivity contribution in [2.75, 3.05) is 13.1 Å². The monoisotopic (exact) mass is 346 g/mol. The summed E-state index contributed by atoms with van der Waals surface area (Å²) in [6.07, 6.45) is 0.295. The third-order valence-electron chi connectivity index (χ3n) is 4.09. The lowest BCUT2D eigenvalue weighted by atomic mass is 10.1. The van der Waals surface area contributed by atoms with Gasteiger partial charge >= 0.3 is 12.0 Å². The number of carbonyl (C=O) groups excluding carboxylic acids is 3. The molecular formula is C15H18N6O4. The average molecular weight is 346 g/mol. The topological polar surface area (TPSA) is 119 Å². The van der Waals surface area contributed by atoms with E-state index in [4.69, 9.17) is 4.74 Å². The molecule has 1 N–H and O–H groups in total. The number of ether oxygens (including phenoxy) is 1. The maximum absolute atomic E-state index is 12.2. The van der Waals surface area contributed by atoms with Gasteiger partial charge in [-0.2, -0.15) is 10.1 Å². The van der Waals surface area contributed by atoms with Gasteiger partial charge in [-0.3, -0.25) is 14.5 Å². The van der Waals surface area contributed by atoms with Crippen molar-refractivity contribution in [3.63, 3.8) is 0 Å².